The molecule has 0 aliphatic carbocycles. The second-order valence-corrected chi connectivity index (χ2v) is 9.14. The molecule has 0 fully saturated rings. The molecule has 162 valence electrons. The molecule has 0 aliphatic heterocycles. The Balaban J connectivity index is 2.08. The number of carbonyl (C=O) groups excluding carboxylic acids is 1. The van der Waals surface area contributed by atoms with Gasteiger partial charge in [-0.3, -0.25) is 10.0 Å². The van der Waals surface area contributed by atoms with E-state index in [-0.39, 0.29) is 17.9 Å². The standard InChI is InChI=1S/C22H20ClFN2O4S/c23-18-8-6-17(7-9-18)15-26(31(29,30)20-12-10-19(24)11-13-20)21(22(27)25-28)14-16-4-2-1-3-5-16/h1-13,21,28H,14-15H2,(H,25,27)/t21-/m0/s1. The van der Waals surface area contributed by atoms with Gasteiger partial charge in [0.05, 0.1) is 4.90 Å². The smallest absolute Gasteiger partial charge is 0.262 e. The third kappa shape index (κ3) is 5.68. The number of carbonyl (C=O) groups is 1. The van der Waals surface area contributed by atoms with E-state index in [0.29, 0.717) is 16.1 Å². The summed E-state index contributed by atoms with van der Waals surface area (Å²) in [5.41, 5.74) is 2.85. The monoisotopic (exact) mass is 462 g/mol. The predicted molar refractivity (Wildman–Crippen MR) is 114 cm³/mol. The molecule has 31 heavy (non-hydrogen) atoms. The van der Waals surface area contributed by atoms with E-state index in [4.69, 9.17) is 11.6 Å². The molecule has 9 heteroatoms. The molecular weight excluding hydrogens is 443 g/mol. The number of benzene rings is 3. The number of nitrogens with zero attached hydrogens (tertiary/aromatic N) is 1. The summed E-state index contributed by atoms with van der Waals surface area (Å²) in [6, 6.07) is 18.4. The molecule has 0 saturated carbocycles. The van der Waals surface area contributed by atoms with E-state index in [1.54, 1.807) is 60.1 Å². The van der Waals surface area contributed by atoms with E-state index < -0.39 is 27.8 Å². The van der Waals surface area contributed by atoms with Crippen LogP contribution in [0.25, 0.3) is 0 Å². The van der Waals surface area contributed by atoms with Crippen molar-refractivity contribution in [2.75, 3.05) is 0 Å². The van der Waals surface area contributed by atoms with E-state index >= 15 is 0 Å². The molecule has 0 unspecified atom stereocenters. The first-order chi connectivity index (χ1) is 14.8. The summed E-state index contributed by atoms with van der Waals surface area (Å²) in [7, 11) is -4.24. The van der Waals surface area contributed by atoms with Crippen molar-refractivity contribution in [2.24, 2.45) is 0 Å². The van der Waals surface area contributed by atoms with Gasteiger partial charge in [-0.05, 0) is 53.9 Å². The highest BCUT2D eigenvalue weighted by molar-refractivity contribution is 7.89. The van der Waals surface area contributed by atoms with Gasteiger partial charge in [0.15, 0.2) is 0 Å². The van der Waals surface area contributed by atoms with Crippen LogP contribution in [0, 0.1) is 5.82 Å². The Morgan fingerprint density at radius 2 is 1.58 bits per heavy atom. The van der Waals surface area contributed by atoms with Crippen molar-refractivity contribution in [3.05, 3.63) is 101 Å². The van der Waals surface area contributed by atoms with Crippen LogP contribution < -0.4 is 5.48 Å². The highest BCUT2D eigenvalue weighted by Gasteiger charge is 2.36. The molecule has 1 atom stereocenters. The Hall–Kier alpha value is -2.78. The van der Waals surface area contributed by atoms with Gasteiger partial charge in [0.2, 0.25) is 10.0 Å². The SMILES string of the molecule is O=C(NO)[C@H](Cc1ccccc1)N(Cc1ccc(Cl)cc1)S(=O)(=O)c1ccc(F)cc1. The van der Waals surface area contributed by atoms with E-state index in [1.807, 2.05) is 0 Å². The van der Waals surface area contributed by atoms with Gasteiger partial charge >= 0.3 is 0 Å². The maximum absolute atomic E-state index is 13.5. The first-order valence-corrected chi connectivity index (χ1v) is 11.1. The van der Waals surface area contributed by atoms with E-state index in [1.165, 1.54) is 0 Å². The lowest BCUT2D eigenvalue weighted by atomic mass is 10.0. The van der Waals surface area contributed by atoms with Gasteiger partial charge in [-0.2, -0.15) is 4.31 Å². The lowest BCUT2D eigenvalue weighted by Crippen LogP contribution is -2.49. The molecule has 0 aromatic heterocycles. The van der Waals surface area contributed by atoms with Crippen molar-refractivity contribution >= 4 is 27.5 Å². The highest BCUT2D eigenvalue weighted by Crippen LogP contribution is 2.24. The Morgan fingerprint density at radius 1 is 0.968 bits per heavy atom. The third-order valence-corrected chi connectivity index (χ3v) is 6.83. The molecule has 1 amide bonds. The second kappa shape index (κ2) is 10.0. The minimum absolute atomic E-state index is 0.0151. The van der Waals surface area contributed by atoms with Gasteiger partial charge in [0, 0.05) is 11.6 Å². The highest BCUT2D eigenvalue weighted by atomic mass is 35.5. The van der Waals surface area contributed by atoms with Crippen molar-refractivity contribution in [3.8, 4) is 0 Å². The third-order valence-electron chi connectivity index (χ3n) is 4.70. The van der Waals surface area contributed by atoms with Crippen LogP contribution in [0.1, 0.15) is 11.1 Å². The number of hydrogen-bond donors (Lipinski definition) is 2. The van der Waals surface area contributed by atoms with E-state index in [2.05, 4.69) is 0 Å². The molecule has 3 aromatic carbocycles. The Bertz CT molecular complexity index is 1120. The number of halogens is 2. The van der Waals surface area contributed by atoms with Gasteiger partial charge in [-0.1, -0.05) is 54.1 Å². The molecule has 6 nitrogen and oxygen atoms in total. The molecule has 0 aliphatic rings. The average molecular weight is 463 g/mol. The second-order valence-electron chi connectivity index (χ2n) is 6.81. The molecule has 2 N–H and O–H groups in total. The number of sulfonamides is 1. The summed E-state index contributed by atoms with van der Waals surface area (Å²) in [5, 5.41) is 9.80. The van der Waals surface area contributed by atoms with Crippen LogP contribution in [0.3, 0.4) is 0 Å². The quantitative estimate of drug-likeness (QED) is 0.394. The zero-order valence-corrected chi connectivity index (χ0v) is 17.9. The minimum atomic E-state index is -4.24. The zero-order valence-electron chi connectivity index (χ0n) is 16.3. The first kappa shape index (κ1) is 22.9. The molecule has 0 bridgehead atoms. The number of hydrogen-bond acceptors (Lipinski definition) is 4. The van der Waals surface area contributed by atoms with Crippen molar-refractivity contribution < 1.29 is 22.8 Å². The van der Waals surface area contributed by atoms with Gasteiger partial charge in [0.25, 0.3) is 5.91 Å². The van der Waals surface area contributed by atoms with Crippen molar-refractivity contribution in [2.45, 2.75) is 23.9 Å². The van der Waals surface area contributed by atoms with E-state index in [0.717, 1.165) is 28.6 Å². The maximum atomic E-state index is 13.5. The largest absolute Gasteiger partial charge is 0.289 e. The fourth-order valence-electron chi connectivity index (χ4n) is 3.11. The Kier molecular flexibility index (Phi) is 7.40. The lowest BCUT2D eigenvalue weighted by molar-refractivity contribution is -0.133. The van der Waals surface area contributed by atoms with Crippen LogP contribution in [0.5, 0.6) is 0 Å². The molecule has 3 aromatic rings. The number of amides is 1. The molecular formula is C22H20ClFN2O4S. The van der Waals surface area contributed by atoms with Crippen molar-refractivity contribution in [3.63, 3.8) is 0 Å². The first-order valence-electron chi connectivity index (χ1n) is 9.31. The lowest BCUT2D eigenvalue weighted by Gasteiger charge is -2.30. The number of hydroxylamine groups is 1. The summed E-state index contributed by atoms with van der Waals surface area (Å²) in [5.74, 6) is -1.47. The van der Waals surface area contributed by atoms with Crippen LogP contribution in [0.15, 0.2) is 83.8 Å². The summed E-state index contributed by atoms with van der Waals surface area (Å²) in [4.78, 5) is 12.4. The summed E-state index contributed by atoms with van der Waals surface area (Å²) in [6.45, 7) is -0.165. The minimum Gasteiger partial charge on any atom is -0.289 e. The molecule has 0 spiro atoms. The number of nitrogens with one attached hydrogen (secondary N) is 1. The molecule has 0 heterocycles. The van der Waals surface area contributed by atoms with Gasteiger partial charge in [0.1, 0.15) is 11.9 Å². The zero-order chi connectivity index (χ0) is 22.4. The maximum Gasteiger partial charge on any atom is 0.262 e. The van der Waals surface area contributed by atoms with Crippen LogP contribution in [-0.4, -0.2) is 29.9 Å². The molecule has 3 rings (SSSR count). The fraction of sp³-hybridized carbons (Fsp3) is 0.136. The summed E-state index contributed by atoms with van der Waals surface area (Å²) < 4.78 is 41.3. The Morgan fingerprint density at radius 3 is 2.16 bits per heavy atom. The van der Waals surface area contributed by atoms with Gasteiger partial charge in [-0.15, -0.1) is 0 Å². The predicted octanol–water partition coefficient (Wildman–Crippen LogP) is 3.79. The molecule has 0 saturated heterocycles. The van der Waals surface area contributed by atoms with Crippen LogP contribution in [0.4, 0.5) is 4.39 Å². The van der Waals surface area contributed by atoms with Gasteiger partial charge in [-0.25, -0.2) is 18.3 Å². The Labute approximate surface area is 184 Å². The van der Waals surface area contributed by atoms with Crippen LogP contribution in [0.2, 0.25) is 5.02 Å². The summed E-state index contributed by atoms with van der Waals surface area (Å²) >= 11 is 5.93. The van der Waals surface area contributed by atoms with Crippen LogP contribution >= 0.6 is 11.6 Å². The molecule has 0 radical (unpaired) electrons. The topological polar surface area (TPSA) is 86.7 Å². The number of rotatable bonds is 8. The normalized spacial score (nSPS) is 12.5. The van der Waals surface area contributed by atoms with Crippen molar-refractivity contribution in [1.29, 1.82) is 0 Å². The average Bonchev–Trinajstić information content (AvgIpc) is 2.77. The summed E-state index contributed by atoms with van der Waals surface area (Å²) in [6.07, 6.45) is 0.0151. The van der Waals surface area contributed by atoms with Crippen molar-refractivity contribution in [1.82, 2.24) is 9.79 Å². The van der Waals surface area contributed by atoms with Gasteiger partial charge < -0.3 is 0 Å². The van der Waals surface area contributed by atoms with E-state index in [9.17, 15) is 22.8 Å². The fourth-order valence-corrected chi connectivity index (χ4v) is 4.81. The van der Waals surface area contributed by atoms with Crippen LogP contribution in [-0.2, 0) is 27.8 Å².